The summed E-state index contributed by atoms with van der Waals surface area (Å²) in [6.45, 7) is 5.37. The first-order chi connectivity index (χ1) is 14.9. The average Bonchev–Trinajstić information content (AvgIpc) is 2.75. The smallest absolute Gasteiger partial charge is 0.261 e. The van der Waals surface area contributed by atoms with Crippen LogP contribution in [-0.4, -0.2) is 44.9 Å². The summed E-state index contributed by atoms with van der Waals surface area (Å²) < 4.78 is 40.2. The molecular formula is C23H30FN3O3S. The molecule has 0 spiro atoms. The molecule has 2 aromatic rings. The van der Waals surface area contributed by atoms with Crippen molar-refractivity contribution in [2.75, 3.05) is 24.4 Å². The number of anilines is 1. The minimum Gasteiger partial charge on any atom is -0.353 e. The average molecular weight is 448 g/mol. The van der Waals surface area contributed by atoms with Gasteiger partial charge in [-0.15, -0.1) is 0 Å². The van der Waals surface area contributed by atoms with Crippen LogP contribution in [0.5, 0.6) is 0 Å². The van der Waals surface area contributed by atoms with Crippen molar-refractivity contribution in [2.45, 2.75) is 50.0 Å². The van der Waals surface area contributed by atoms with Gasteiger partial charge in [-0.1, -0.05) is 25.5 Å². The SMILES string of the molecule is CCCCN1CCC(NC(=O)Cc2ccc(NS(=O)(=O)c3ccc(F)cc3)cc2)CC1. The third-order valence-corrected chi connectivity index (χ3v) is 6.87. The standard InChI is InChI=1S/C23H30FN3O3S/c1-2-3-14-27-15-12-20(13-16-27)25-23(28)17-18-4-8-21(9-5-18)26-31(29,30)22-10-6-19(24)7-11-22/h4-11,20,26H,2-3,12-17H2,1H3,(H,25,28). The highest BCUT2D eigenvalue weighted by molar-refractivity contribution is 7.92. The molecule has 0 radical (unpaired) electrons. The summed E-state index contributed by atoms with van der Waals surface area (Å²) in [4.78, 5) is 14.8. The highest BCUT2D eigenvalue weighted by atomic mass is 32.2. The molecule has 0 unspecified atom stereocenters. The molecule has 3 rings (SSSR count). The van der Waals surface area contributed by atoms with Crippen molar-refractivity contribution in [3.8, 4) is 0 Å². The second kappa shape index (κ2) is 10.7. The molecule has 6 nitrogen and oxygen atoms in total. The van der Waals surface area contributed by atoms with Crippen molar-refractivity contribution in [2.24, 2.45) is 0 Å². The van der Waals surface area contributed by atoms with Crippen molar-refractivity contribution < 1.29 is 17.6 Å². The van der Waals surface area contributed by atoms with Gasteiger partial charge in [0.25, 0.3) is 10.0 Å². The quantitative estimate of drug-likeness (QED) is 0.616. The zero-order valence-corrected chi connectivity index (χ0v) is 18.6. The molecule has 168 valence electrons. The van der Waals surface area contributed by atoms with Gasteiger partial charge in [-0.25, -0.2) is 12.8 Å². The second-order valence-corrected chi connectivity index (χ2v) is 9.65. The van der Waals surface area contributed by atoms with Crippen LogP contribution in [0.2, 0.25) is 0 Å². The van der Waals surface area contributed by atoms with E-state index in [9.17, 15) is 17.6 Å². The van der Waals surface area contributed by atoms with E-state index in [-0.39, 0.29) is 23.3 Å². The maximum atomic E-state index is 13.0. The van der Waals surface area contributed by atoms with Crippen molar-refractivity contribution in [3.63, 3.8) is 0 Å². The highest BCUT2D eigenvalue weighted by Crippen LogP contribution is 2.18. The summed E-state index contributed by atoms with van der Waals surface area (Å²) in [7, 11) is -3.80. The van der Waals surface area contributed by atoms with Crippen LogP contribution >= 0.6 is 0 Å². The van der Waals surface area contributed by atoms with Gasteiger partial charge in [-0.05, 0) is 67.8 Å². The van der Waals surface area contributed by atoms with E-state index in [2.05, 4.69) is 21.9 Å². The topological polar surface area (TPSA) is 78.5 Å². The molecule has 0 saturated carbocycles. The number of unbranched alkanes of at least 4 members (excludes halogenated alkanes) is 1. The maximum Gasteiger partial charge on any atom is 0.261 e. The van der Waals surface area contributed by atoms with Gasteiger partial charge < -0.3 is 10.2 Å². The molecule has 0 bridgehead atoms. The Balaban J connectivity index is 1.48. The number of benzene rings is 2. The number of hydrogen-bond donors (Lipinski definition) is 2. The van der Waals surface area contributed by atoms with Crippen LogP contribution < -0.4 is 10.0 Å². The number of piperidine rings is 1. The summed E-state index contributed by atoms with van der Waals surface area (Å²) in [6.07, 6.45) is 4.61. The Morgan fingerprint density at radius 2 is 1.71 bits per heavy atom. The predicted molar refractivity (Wildman–Crippen MR) is 120 cm³/mol. The summed E-state index contributed by atoms with van der Waals surface area (Å²) in [6, 6.07) is 11.6. The monoisotopic (exact) mass is 447 g/mol. The largest absolute Gasteiger partial charge is 0.353 e. The molecule has 2 N–H and O–H groups in total. The molecule has 0 aromatic heterocycles. The number of rotatable bonds is 9. The van der Waals surface area contributed by atoms with Crippen LogP contribution in [0.4, 0.5) is 10.1 Å². The molecule has 8 heteroatoms. The third-order valence-electron chi connectivity index (χ3n) is 5.48. The van der Waals surface area contributed by atoms with Crippen LogP contribution in [0.1, 0.15) is 38.2 Å². The lowest BCUT2D eigenvalue weighted by Crippen LogP contribution is -2.45. The fraction of sp³-hybridized carbons (Fsp3) is 0.435. The van der Waals surface area contributed by atoms with Gasteiger partial charge in [-0.3, -0.25) is 9.52 Å². The number of carbonyl (C=O) groups is 1. The Kier molecular flexibility index (Phi) is 8.03. The van der Waals surface area contributed by atoms with E-state index in [0.717, 1.165) is 50.2 Å². The van der Waals surface area contributed by atoms with Crippen molar-refractivity contribution in [1.29, 1.82) is 0 Å². The molecule has 1 aliphatic heterocycles. The Morgan fingerprint density at radius 3 is 2.32 bits per heavy atom. The van der Waals surface area contributed by atoms with Crippen LogP contribution in [-0.2, 0) is 21.2 Å². The fourth-order valence-corrected chi connectivity index (χ4v) is 4.72. The maximum absolute atomic E-state index is 13.0. The lowest BCUT2D eigenvalue weighted by molar-refractivity contribution is -0.121. The zero-order valence-electron chi connectivity index (χ0n) is 17.8. The van der Waals surface area contributed by atoms with Gasteiger partial charge in [0, 0.05) is 24.8 Å². The molecule has 31 heavy (non-hydrogen) atoms. The van der Waals surface area contributed by atoms with Crippen LogP contribution in [0.25, 0.3) is 0 Å². The van der Waals surface area contributed by atoms with Crippen molar-refractivity contribution >= 4 is 21.6 Å². The van der Waals surface area contributed by atoms with Gasteiger partial charge in [0.1, 0.15) is 5.82 Å². The van der Waals surface area contributed by atoms with Crippen molar-refractivity contribution in [3.05, 3.63) is 59.9 Å². The van der Waals surface area contributed by atoms with Gasteiger partial charge in [0.2, 0.25) is 5.91 Å². The first kappa shape index (κ1) is 23.2. The summed E-state index contributed by atoms with van der Waals surface area (Å²) in [5.74, 6) is -0.518. The lowest BCUT2D eigenvalue weighted by atomic mass is 10.0. The number of nitrogens with zero attached hydrogens (tertiary/aromatic N) is 1. The summed E-state index contributed by atoms with van der Waals surface area (Å²) in [5.41, 5.74) is 1.19. The molecule has 2 aromatic carbocycles. The second-order valence-electron chi connectivity index (χ2n) is 7.97. The summed E-state index contributed by atoms with van der Waals surface area (Å²) >= 11 is 0. The lowest BCUT2D eigenvalue weighted by Gasteiger charge is -2.32. The van der Waals surface area contributed by atoms with Gasteiger partial charge >= 0.3 is 0 Å². The van der Waals surface area contributed by atoms with E-state index in [0.29, 0.717) is 5.69 Å². The molecular weight excluding hydrogens is 417 g/mol. The minimum atomic E-state index is -3.80. The molecule has 1 heterocycles. The van der Waals surface area contributed by atoms with Crippen LogP contribution in [0, 0.1) is 5.82 Å². The molecule has 0 atom stereocenters. The van der Waals surface area contributed by atoms with E-state index < -0.39 is 15.8 Å². The van der Waals surface area contributed by atoms with E-state index in [1.165, 1.54) is 25.0 Å². The van der Waals surface area contributed by atoms with Gasteiger partial charge in [0.15, 0.2) is 0 Å². The first-order valence-corrected chi connectivity index (χ1v) is 12.2. The molecule has 1 saturated heterocycles. The Labute approximate surface area is 183 Å². The van der Waals surface area contributed by atoms with Crippen LogP contribution in [0.3, 0.4) is 0 Å². The fourth-order valence-electron chi connectivity index (χ4n) is 3.67. The molecule has 0 aliphatic carbocycles. The van der Waals surface area contributed by atoms with Crippen molar-refractivity contribution in [1.82, 2.24) is 10.2 Å². The number of nitrogens with one attached hydrogen (secondary N) is 2. The minimum absolute atomic E-state index is 0.0157. The number of sulfonamides is 1. The van der Waals surface area contributed by atoms with Gasteiger partial charge in [0.05, 0.1) is 11.3 Å². The molecule has 1 amide bonds. The van der Waals surface area contributed by atoms with E-state index in [1.54, 1.807) is 24.3 Å². The molecule has 1 aliphatic rings. The predicted octanol–water partition coefficient (Wildman–Crippen LogP) is 3.55. The van der Waals surface area contributed by atoms with Gasteiger partial charge in [-0.2, -0.15) is 0 Å². The summed E-state index contributed by atoms with van der Waals surface area (Å²) in [5, 5.41) is 3.12. The normalized spacial score (nSPS) is 15.5. The number of halogens is 1. The van der Waals surface area contributed by atoms with E-state index in [1.807, 2.05) is 0 Å². The number of hydrogen-bond acceptors (Lipinski definition) is 4. The van der Waals surface area contributed by atoms with Crippen LogP contribution in [0.15, 0.2) is 53.4 Å². The number of likely N-dealkylation sites (tertiary alicyclic amines) is 1. The Hall–Kier alpha value is -2.45. The third kappa shape index (κ3) is 7.04. The number of amides is 1. The Bertz CT molecular complexity index is 955. The zero-order chi connectivity index (χ0) is 22.3. The molecule has 1 fully saturated rings. The van der Waals surface area contributed by atoms with E-state index in [4.69, 9.17) is 0 Å². The number of carbonyl (C=O) groups excluding carboxylic acids is 1. The Morgan fingerprint density at radius 1 is 1.06 bits per heavy atom. The first-order valence-electron chi connectivity index (χ1n) is 10.7. The van der Waals surface area contributed by atoms with E-state index >= 15 is 0 Å². The highest BCUT2D eigenvalue weighted by Gasteiger charge is 2.20.